The fourth-order valence-electron chi connectivity index (χ4n) is 2.80. The van der Waals surface area contributed by atoms with Crippen molar-refractivity contribution >= 4 is 17.4 Å². The van der Waals surface area contributed by atoms with Gasteiger partial charge in [0.2, 0.25) is 0 Å². The number of rotatable bonds is 7. The van der Waals surface area contributed by atoms with E-state index < -0.39 is 0 Å². The van der Waals surface area contributed by atoms with Crippen LogP contribution in [0.5, 0.6) is 11.5 Å². The number of aromatic nitrogens is 2. The van der Waals surface area contributed by atoms with Gasteiger partial charge in [0.25, 0.3) is 5.91 Å². The Bertz CT molecular complexity index is 1100. The van der Waals surface area contributed by atoms with Crippen molar-refractivity contribution in [1.29, 1.82) is 0 Å². The second kappa shape index (κ2) is 9.34. The van der Waals surface area contributed by atoms with Crippen LogP contribution in [-0.4, -0.2) is 15.9 Å². The van der Waals surface area contributed by atoms with E-state index in [4.69, 9.17) is 4.74 Å². The molecule has 30 heavy (non-hydrogen) atoms. The molecular formula is C24H20N4O2. The first-order chi connectivity index (χ1) is 14.8. The Morgan fingerprint density at radius 1 is 0.867 bits per heavy atom. The van der Waals surface area contributed by atoms with Gasteiger partial charge in [-0.3, -0.25) is 9.78 Å². The van der Waals surface area contributed by atoms with E-state index >= 15 is 0 Å². The highest BCUT2D eigenvalue weighted by molar-refractivity contribution is 5.94. The normalized spacial score (nSPS) is 10.3. The van der Waals surface area contributed by atoms with Gasteiger partial charge in [-0.15, -0.1) is 0 Å². The van der Waals surface area contributed by atoms with E-state index in [1.807, 2.05) is 66.7 Å². The predicted molar refractivity (Wildman–Crippen MR) is 116 cm³/mol. The van der Waals surface area contributed by atoms with Gasteiger partial charge in [0.05, 0.1) is 11.3 Å². The molecule has 0 fully saturated rings. The number of carbonyl (C=O) groups excluding carboxylic acids is 1. The summed E-state index contributed by atoms with van der Waals surface area (Å²) in [6.45, 7) is 0.414. The van der Waals surface area contributed by atoms with Gasteiger partial charge in [-0.05, 0) is 48.0 Å². The van der Waals surface area contributed by atoms with Gasteiger partial charge in [0.15, 0.2) is 5.75 Å². The molecule has 0 aliphatic heterocycles. The number of nitrogens with one attached hydrogen (secondary N) is 2. The highest BCUT2D eigenvalue weighted by Gasteiger charge is 2.08. The lowest BCUT2D eigenvalue weighted by atomic mass is 10.2. The van der Waals surface area contributed by atoms with Crippen molar-refractivity contribution in [3.8, 4) is 11.5 Å². The number of para-hydroxylation sites is 3. The number of benzene rings is 2. The van der Waals surface area contributed by atoms with Gasteiger partial charge in [-0.1, -0.05) is 36.4 Å². The maximum absolute atomic E-state index is 12.3. The van der Waals surface area contributed by atoms with Gasteiger partial charge >= 0.3 is 0 Å². The minimum Gasteiger partial charge on any atom is -0.455 e. The number of hydrogen-bond donors (Lipinski definition) is 2. The van der Waals surface area contributed by atoms with Gasteiger partial charge in [0, 0.05) is 25.1 Å². The molecule has 0 aliphatic carbocycles. The van der Waals surface area contributed by atoms with Crippen LogP contribution in [0.25, 0.3) is 0 Å². The average Bonchev–Trinajstić information content (AvgIpc) is 2.81. The molecule has 6 nitrogen and oxygen atoms in total. The zero-order valence-corrected chi connectivity index (χ0v) is 16.2. The Balaban J connectivity index is 1.41. The molecule has 0 atom stereocenters. The number of hydrogen-bond acceptors (Lipinski definition) is 5. The molecule has 0 unspecified atom stereocenters. The molecule has 0 bridgehead atoms. The first-order valence-electron chi connectivity index (χ1n) is 9.50. The van der Waals surface area contributed by atoms with Crippen LogP contribution in [0.1, 0.15) is 15.9 Å². The summed E-state index contributed by atoms with van der Waals surface area (Å²) in [6.07, 6.45) is 4.96. The van der Waals surface area contributed by atoms with Crippen LogP contribution >= 0.6 is 0 Å². The zero-order valence-electron chi connectivity index (χ0n) is 16.2. The summed E-state index contributed by atoms with van der Waals surface area (Å²) in [5, 5.41) is 6.10. The van der Waals surface area contributed by atoms with Crippen LogP contribution in [0.4, 0.5) is 11.5 Å². The Morgan fingerprint density at radius 2 is 1.70 bits per heavy atom. The maximum atomic E-state index is 12.3. The van der Waals surface area contributed by atoms with Crippen LogP contribution in [0.3, 0.4) is 0 Å². The number of anilines is 2. The fourth-order valence-corrected chi connectivity index (χ4v) is 2.80. The molecule has 2 aromatic carbocycles. The van der Waals surface area contributed by atoms with E-state index in [2.05, 4.69) is 20.6 Å². The maximum Gasteiger partial charge on any atom is 0.253 e. The minimum atomic E-state index is -0.189. The quantitative estimate of drug-likeness (QED) is 0.463. The molecule has 4 aromatic rings. The standard InChI is InChI=1S/C24H20N4O2/c29-24(27-16-18-7-6-14-25-15-18)19-12-13-23(26-17-19)28-21-10-4-5-11-22(21)30-20-8-2-1-3-9-20/h1-15,17H,16H2,(H,26,28)(H,27,29). The number of carbonyl (C=O) groups is 1. The highest BCUT2D eigenvalue weighted by atomic mass is 16.5. The molecule has 6 heteroatoms. The number of amides is 1. The van der Waals surface area contributed by atoms with Crippen LogP contribution in [0, 0.1) is 0 Å². The van der Waals surface area contributed by atoms with Gasteiger partial charge < -0.3 is 15.4 Å². The number of nitrogens with zero attached hydrogens (tertiary/aromatic N) is 2. The summed E-state index contributed by atoms with van der Waals surface area (Å²) in [7, 11) is 0. The van der Waals surface area contributed by atoms with Crippen molar-refractivity contribution in [3.63, 3.8) is 0 Å². The van der Waals surface area contributed by atoms with Gasteiger partial charge in [-0.25, -0.2) is 4.98 Å². The average molecular weight is 396 g/mol. The number of ether oxygens (including phenoxy) is 1. The predicted octanol–water partition coefficient (Wildman–Crippen LogP) is 4.94. The Morgan fingerprint density at radius 3 is 2.47 bits per heavy atom. The summed E-state index contributed by atoms with van der Waals surface area (Å²) in [4.78, 5) is 20.7. The van der Waals surface area contributed by atoms with Crippen molar-refractivity contribution in [2.45, 2.75) is 6.54 Å². The second-order valence-corrected chi connectivity index (χ2v) is 6.51. The Labute approximate surface area is 174 Å². The first-order valence-corrected chi connectivity index (χ1v) is 9.50. The Hall–Kier alpha value is -4.19. The van der Waals surface area contributed by atoms with Crippen molar-refractivity contribution in [3.05, 3.63) is 109 Å². The Kier molecular flexibility index (Phi) is 5.96. The smallest absolute Gasteiger partial charge is 0.253 e. The van der Waals surface area contributed by atoms with Crippen molar-refractivity contribution in [2.24, 2.45) is 0 Å². The van der Waals surface area contributed by atoms with E-state index in [0.29, 0.717) is 23.7 Å². The number of pyridine rings is 2. The third kappa shape index (κ3) is 4.99. The molecule has 0 saturated carbocycles. The molecule has 2 aromatic heterocycles. The summed E-state index contributed by atoms with van der Waals surface area (Å²) in [5.41, 5.74) is 2.20. The van der Waals surface area contributed by atoms with Gasteiger partial charge in [0.1, 0.15) is 11.6 Å². The molecule has 0 aliphatic rings. The van der Waals surface area contributed by atoms with Gasteiger partial charge in [-0.2, -0.15) is 0 Å². The van der Waals surface area contributed by atoms with E-state index in [1.165, 1.54) is 0 Å². The third-order valence-electron chi connectivity index (χ3n) is 4.32. The van der Waals surface area contributed by atoms with Crippen molar-refractivity contribution in [1.82, 2.24) is 15.3 Å². The van der Waals surface area contributed by atoms with Crippen LogP contribution in [0.15, 0.2) is 97.5 Å². The molecule has 2 N–H and O–H groups in total. The molecular weight excluding hydrogens is 376 g/mol. The molecule has 148 valence electrons. The monoisotopic (exact) mass is 396 g/mol. The minimum absolute atomic E-state index is 0.189. The summed E-state index contributed by atoms with van der Waals surface area (Å²) < 4.78 is 5.96. The van der Waals surface area contributed by atoms with Crippen molar-refractivity contribution < 1.29 is 9.53 Å². The molecule has 1 amide bonds. The fraction of sp³-hybridized carbons (Fsp3) is 0.0417. The third-order valence-corrected chi connectivity index (χ3v) is 4.32. The van der Waals surface area contributed by atoms with E-state index in [9.17, 15) is 4.79 Å². The van der Waals surface area contributed by atoms with Crippen LogP contribution in [0.2, 0.25) is 0 Å². The van der Waals surface area contributed by atoms with Crippen LogP contribution < -0.4 is 15.4 Å². The highest BCUT2D eigenvalue weighted by Crippen LogP contribution is 2.30. The molecule has 0 saturated heterocycles. The molecule has 0 radical (unpaired) electrons. The molecule has 2 heterocycles. The summed E-state index contributed by atoms with van der Waals surface area (Å²) in [5.74, 6) is 1.86. The second-order valence-electron chi connectivity index (χ2n) is 6.51. The first kappa shape index (κ1) is 19.1. The van der Waals surface area contributed by atoms with Crippen molar-refractivity contribution in [2.75, 3.05) is 5.32 Å². The summed E-state index contributed by atoms with van der Waals surface area (Å²) in [6, 6.07) is 24.4. The lowest BCUT2D eigenvalue weighted by Crippen LogP contribution is -2.22. The topological polar surface area (TPSA) is 76.1 Å². The zero-order chi connectivity index (χ0) is 20.6. The lowest BCUT2D eigenvalue weighted by molar-refractivity contribution is 0.0950. The van der Waals surface area contributed by atoms with E-state index in [1.54, 1.807) is 30.7 Å². The SMILES string of the molecule is O=C(NCc1cccnc1)c1ccc(Nc2ccccc2Oc2ccccc2)nc1. The largest absolute Gasteiger partial charge is 0.455 e. The molecule has 4 rings (SSSR count). The lowest BCUT2D eigenvalue weighted by Gasteiger charge is -2.13. The van der Waals surface area contributed by atoms with E-state index in [0.717, 1.165) is 17.0 Å². The van der Waals surface area contributed by atoms with E-state index in [-0.39, 0.29) is 5.91 Å². The van der Waals surface area contributed by atoms with Crippen LogP contribution in [-0.2, 0) is 6.54 Å². The molecule has 0 spiro atoms. The summed E-state index contributed by atoms with van der Waals surface area (Å²) >= 11 is 0.